The Morgan fingerprint density at radius 1 is 1.42 bits per heavy atom. The molecule has 0 saturated heterocycles. The lowest BCUT2D eigenvalue weighted by molar-refractivity contribution is 0.138. The van der Waals surface area contributed by atoms with Crippen LogP contribution in [0.3, 0.4) is 0 Å². The van der Waals surface area contributed by atoms with Crippen molar-refractivity contribution in [3.63, 3.8) is 0 Å². The van der Waals surface area contributed by atoms with Crippen molar-refractivity contribution in [3.05, 3.63) is 29.6 Å². The lowest BCUT2D eigenvalue weighted by Crippen LogP contribution is -2.47. The molecule has 1 aromatic rings. The molecule has 0 amide bonds. The Labute approximate surface area is 112 Å². The number of sulfonamides is 1. The second kappa shape index (κ2) is 5.54. The summed E-state index contributed by atoms with van der Waals surface area (Å²) in [6, 6.07) is 3.80. The Morgan fingerprint density at radius 2 is 2.00 bits per heavy atom. The lowest BCUT2D eigenvalue weighted by atomic mass is 10.1. The number of benzene rings is 1. The van der Waals surface area contributed by atoms with Gasteiger partial charge in [0, 0.05) is 19.2 Å². The fourth-order valence-electron chi connectivity index (χ4n) is 1.55. The number of hydrogen-bond donors (Lipinski definition) is 2. The van der Waals surface area contributed by atoms with Crippen molar-refractivity contribution >= 4 is 10.0 Å². The first kappa shape index (κ1) is 16.0. The second-order valence-corrected chi connectivity index (χ2v) is 6.80. The number of aliphatic hydroxyl groups is 1. The smallest absolute Gasteiger partial charge is 0.243 e. The summed E-state index contributed by atoms with van der Waals surface area (Å²) in [6.45, 7) is 2.59. The topological polar surface area (TPSA) is 83.6 Å². The van der Waals surface area contributed by atoms with Gasteiger partial charge in [-0.15, -0.1) is 0 Å². The minimum absolute atomic E-state index is 0.0527. The maximum absolute atomic E-state index is 13.6. The molecule has 0 atom stereocenters. The number of nitrogens with zero attached hydrogens (tertiary/aromatic N) is 1. The Balaban J connectivity index is 3.41. The molecule has 0 heterocycles. The summed E-state index contributed by atoms with van der Waals surface area (Å²) in [7, 11) is -2.58. The Morgan fingerprint density at radius 3 is 2.47 bits per heavy atom. The van der Waals surface area contributed by atoms with Crippen LogP contribution in [0.25, 0.3) is 0 Å². The zero-order valence-electron chi connectivity index (χ0n) is 11.2. The third-order valence-electron chi connectivity index (χ3n) is 3.16. The zero-order valence-corrected chi connectivity index (χ0v) is 12.0. The maximum atomic E-state index is 13.6. The van der Waals surface area contributed by atoms with Crippen molar-refractivity contribution in [2.45, 2.75) is 30.8 Å². The SMILES string of the molecule is CN(C(C)(C)CO)S(=O)(=O)c1cccc(F)c1CN. The summed E-state index contributed by atoms with van der Waals surface area (Å²) in [5.74, 6) is -0.654. The van der Waals surface area contributed by atoms with Crippen LogP contribution in [-0.4, -0.2) is 37.0 Å². The van der Waals surface area contributed by atoms with Crippen LogP contribution in [0.2, 0.25) is 0 Å². The molecule has 5 nitrogen and oxygen atoms in total. The zero-order chi connectivity index (χ0) is 14.8. The first-order valence-corrected chi connectivity index (χ1v) is 7.20. The van der Waals surface area contributed by atoms with Gasteiger partial charge in [0.05, 0.1) is 17.0 Å². The lowest BCUT2D eigenvalue weighted by Gasteiger charge is -2.33. The van der Waals surface area contributed by atoms with Crippen LogP contribution in [0.4, 0.5) is 4.39 Å². The monoisotopic (exact) mass is 290 g/mol. The van der Waals surface area contributed by atoms with Gasteiger partial charge < -0.3 is 10.8 Å². The highest BCUT2D eigenvalue weighted by atomic mass is 32.2. The van der Waals surface area contributed by atoms with Crippen molar-refractivity contribution in [1.82, 2.24) is 4.31 Å². The highest BCUT2D eigenvalue weighted by molar-refractivity contribution is 7.89. The van der Waals surface area contributed by atoms with E-state index in [0.717, 1.165) is 4.31 Å². The van der Waals surface area contributed by atoms with E-state index in [-0.39, 0.29) is 23.6 Å². The molecule has 1 rings (SSSR count). The minimum atomic E-state index is -3.92. The minimum Gasteiger partial charge on any atom is -0.394 e. The van der Waals surface area contributed by atoms with Crippen molar-refractivity contribution in [2.75, 3.05) is 13.7 Å². The third-order valence-corrected chi connectivity index (χ3v) is 5.31. The predicted octanol–water partition coefficient (Wildman–Crippen LogP) is 0.676. The van der Waals surface area contributed by atoms with Gasteiger partial charge in [0.25, 0.3) is 0 Å². The summed E-state index contributed by atoms with van der Waals surface area (Å²) in [4.78, 5) is -0.168. The summed E-state index contributed by atoms with van der Waals surface area (Å²) < 4.78 is 39.6. The van der Waals surface area contributed by atoms with Gasteiger partial charge in [-0.05, 0) is 26.0 Å². The van der Waals surface area contributed by atoms with Crippen molar-refractivity contribution in [1.29, 1.82) is 0 Å². The van der Waals surface area contributed by atoms with Gasteiger partial charge in [-0.25, -0.2) is 12.8 Å². The van der Waals surface area contributed by atoms with Crippen LogP contribution in [-0.2, 0) is 16.6 Å². The van der Waals surface area contributed by atoms with Gasteiger partial charge in [0.2, 0.25) is 10.0 Å². The van der Waals surface area contributed by atoms with E-state index < -0.39 is 21.4 Å². The van der Waals surface area contributed by atoms with Crippen molar-refractivity contribution in [3.8, 4) is 0 Å². The molecule has 0 aliphatic heterocycles. The van der Waals surface area contributed by atoms with E-state index in [1.54, 1.807) is 13.8 Å². The number of halogens is 1. The van der Waals surface area contributed by atoms with E-state index in [0.29, 0.717) is 0 Å². The molecule has 108 valence electrons. The Hall–Kier alpha value is -1.02. The number of aliphatic hydroxyl groups excluding tert-OH is 1. The highest BCUT2D eigenvalue weighted by Crippen LogP contribution is 2.26. The van der Waals surface area contributed by atoms with E-state index in [2.05, 4.69) is 0 Å². The fourth-order valence-corrected chi connectivity index (χ4v) is 3.30. The van der Waals surface area contributed by atoms with Crippen LogP contribution in [0.1, 0.15) is 19.4 Å². The molecule has 0 radical (unpaired) electrons. The first-order chi connectivity index (χ1) is 8.68. The molecule has 0 fully saturated rings. The fraction of sp³-hybridized carbons (Fsp3) is 0.500. The van der Waals surface area contributed by atoms with Gasteiger partial charge >= 0.3 is 0 Å². The molecular formula is C12H19FN2O3S. The van der Waals surface area contributed by atoms with Gasteiger partial charge in [-0.3, -0.25) is 0 Å². The van der Waals surface area contributed by atoms with E-state index in [9.17, 15) is 17.9 Å². The van der Waals surface area contributed by atoms with E-state index >= 15 is 0 Å². The maximum Gasteiger partial charge on any atom is 0.243 e. The normalized spacial score (nSPS) is 13.0. The number of nitrogens with two attached hydrogens (primary N) is 1. The predicted molar refractivity (Wildman–Crippen MR) is 70.4 cm³/mol. The largest absolute Gasteiger partial charge is 0.394 e. The van der Waals surface area contributed by atoms with Crippen LogP contribution >= 0.6 is 0 Å². The molecule has 0 aliphatic carbocycles. The van der Waals surface area contributed by atoms with Crippen LogP contribution < -0.4 is 5.73 Å². The standard InChI is InChI=1S/C12H19FN2O3S/c1-12(2,8-16)15(3)19(17,18)11-6-4-5-10(13)9(11)7-14/h4-6,16H,7-8,14H2,1-3H3. The summed E-state index contributed by atoms with van der Waals surface area (Å²) >= 11 is 0. The Kier molecular flexibility index (Phi) is 4.67. The molecule has 0 bridgehead atoms. The Bertz CT molecular complexity index is 558. The van der Waals surface area contributed by atoms with Crippen LogP contribution in [0.5, 0.6) is 0 Å². The molecule has 3 N–H and O–H groups in total. The first-order valence-electron chi connectivity index (χ1n) is 5.76. The van der Waals surface area contributed by atoms with E-state index in [1.807, 2.05) is 0 Å². The quantitative estimate of drug-likeness (QED) is 0.835. The second-order valence-electron chi connectivity index (χ2n) is 4.86. The van der Waals surface area contributed by atoms with Gasteiger partial charge in [0.1, 0.15) is 5.82 Å². The molecule has 7 heteroatoms. The molecule has 0 aliphatic rings. The molecule has 1 aromatic carbocycles. The molecule has 0 unspecified atom stereocenters. The van der Waals surface area contributed by atoms with Crippen molar-refractivity contribution < 1.29 is 17.9 Å². The summed E-state index contributed by atoms with van der Waals surface area (Å²) in [5, 5.41) is 9.25. The summed E-state index contributed by atoms with van der Waals surface area (Å²) in [5.41, 5.74) is 4.38. The molecule has 0 aromatic heterocycles. The number of rotatable bonds is 5. The van der Waals surface area contributed by atoms with E-state index in [4.69, 9.17) is 5.73 Å². The number of likely N-dealkylation sites (N-methyl/N-ethyl adjacent to an activating group) is 1. The van der Waals surface area contributed by atoms with Gasteiger partial charge in [-0.1, -0.05) is 6.07 Å². The van der Waals surface area contributed by atoms with Gasteiger partial charge in [-0.2, -0.15) is 4.31 Å². The molecule has 0 spiro atoms. The third kappa shape index (κ3) is 2.94. The average Bonchev–Trinajstić information content (AvgIpc) is 2.37. The average molecular weight is 290 g/mol. The van der Waals surface area contributed by atoms with Crippen molar-refractivity contribution in [2.24, 2.45) is 5.73 Å². The van der Waals surface area contributed by atoms with Crippen LogP contribution in [0.15, 0.2) is 23.1 Å². The molecule has 0 saturated carbocycles. The molecular weight excluding hydrogens is 271 g/mol. The van der Waals surface area contributed by atoms with Gasteiger partial charge in [0.15, 0.2) is 0 Å². The highest BCUT2D eigenvalue weighted by Gasteiger charge is 2.35. The van der Waals surface area contributed by atoms with E-state index in [1.165, 1.54) is 25.2 Å². The number of hydrogen-bond acceptors (Lipinski definition) is 4. The van der Waals surface area contributed by atoms with Crippen LogP contribution in [0, 0.1) is 5.82 Å². The summed E-state index contributed by atoms with van der Waals surface area (Å²) in [6.07, 6.45) is 0. The molecule has 19 heavy (non-hydrogen) atoms.